The summed E-state index contributed by atoms with van der Waals surface area (Å²) in [4.78, 5) is 26.3. The van der Waals surface area contributed by atoms with E-state index in [1.54, 1.807) is 0 Å². The lowest BCUT2D eigenvalue weighted by atomic mass is 10.1. The van der Waals surface area contributed by atoms with Gasteiger partial charge in [0.2, 0.25) is 5.91 Å². The Labute approximate surface area is 139 Å². The minimum atomic E-state index is -0.0240. The number of ketones is 1. The van der Waals surface area contributed by atoms with Crippen molar-refractivity contribution in [3.8, 4) is 0 Å². The molecule has 0 aliphatic carbocycles. The molecule has 1 aliphatic rings. The number of amides is 1. The summed E-state index contributed by atoms with van der Waals surface area (Å²) < 4.78 is 0. The lowest BCUT2D eigenvalue weighted by molar-refractivity contribution is -0.121. The summed E-state index contributed by atoms with van der Waals surface area (Å²) in [6, 6.07) is 7.50. The number of rotatable bonds is 8. The van der Waals surface area contributed by atoms with Crippen molar-refractivity contribution in [3.63, 3.8) is 0 Å². The first-order valence-corrected chi connectivity index (χ1v) is 8.74. The van der Waals surface area contributed by atoms with Crippen LogP contribution in [0.2, 0.25) is 0 Å². The summed E-state index contributed by atoms with van der Waals surface area (Å²) in [5, 5.41) is 2.92. The number of likely N-dealkylation sites (tertiary alicyclic amines) is 1. The van der Waals surface area contributed by atoms with Crippen molar-refractivity contribution in [2.45, 2.75) is 45.4 Å². The van der Waals surface area contributed by atoms with E-state index in [2.05, 4.69) is 10.2 Å². The van der Waals surface area contributed by atoms with Crippen LogP contribution in [0.15, 0.2) is 24.3 Å². The number of carbonyl (C=O) groups is 2. The van der Waals surface area contributed by atoms with Crippen molar-refractivity contribution in [2.24, 2.45) is 0 Å². The van der Waals surface area contributed by atoms with Crippen molar-refractivity contribution >= 4 is 11.7 Å². The van der Waals surface area contributed by atoms with Gasteiger partial charge >= 0.3 is 0 Å². The average molecular weight is 316 g/mol. The van der Waals surface area contributed by atoms with E-state index < -0.39 is 0 Å². The van der Waals surface area contributed by atoms with Crippen LogP contribution >= 0.6 is 0 Å². The maximum absolute atomic E-state index is 12.0. The van der Waals surface area contributed by atoms with E-state index in [9.17, 15) is 9.59 Å². The van der Waals surface area contributed by atoms with Crippen molar-refractivity contribution in [2.75, 3.05) is 26.2 Å². The average Bonchev–Trinajstić information content (AvgIpc) is 2.58. The van der Waals surface area contributed by atoms with Crippen LogP contribution in [0.1, 0.15) is 54.4 Å². The maximum atomic E-state index is 12.0. The Balaban J connectivity index is 1.57. The molecular weight excluding hydrogens is 288 g/mol. The number of hydrogen-bond donors (Lipinski definition) is 1. The molecule has 1 aliphatic heterocycles. The number of carbonyl (C=O) groups excluding carboxylic acids is 2. The van der Waals surface area contributed by atoms with E-state index in [0.29, 0.717) is 12.1 Å². The molecule has 126 valence electrons. The zero-order valence-electron chi connectivity index (χ0n) is 14.1. The highest BCUT2D eigenvalue weighted by atomic mass is 16.2. The van der Waals surface area contributed by atoms with Gasteiger partial charge in [-0.2, -0.15) is 0 Å². The van der Waals surface area contributed by atoms with Crippen molar-refractivity contribution in [1.29, 1.82) is 0 Å². The molecule has 0 aromatic heterocycles. The maximum Gasteiger partial charge on any atom is 0.220 e. The summed E-state index contributed by atoms with van der Waals surface area (Å²) >= 11 is 0. The molecule has 2 rings (SSSR count). The number of nitrogens with zero attached hydrogens (tertiary/aromatic N) is 1. The van der Waals surface area contributed by atoms with Crippen molar-refractivity contribution < 1.29 is 9.59 Å². The predicted octanol–water partition coefficient (Wildman–Crippen LogP) is 2.95. The monoisotopic (exact) mass is 316 g/mol. The summed E-state index contributed by atoms with van der Waals surface area (Å²) in [5.41, 5.74) is 1.82. The van der Waals surface area contributed by atoms with E-state index in [-0.39, 0.29) is 24.5 Å². The Morgan fingerprint density at radius 2 is 1.74 bits per heavy atom. The van der Waals surface area contributed by atoms with Gasteiger partial charge in [0.15, 0.2) is 5.78 Å². The molecule has 0 unspecified atom stereocenters. The van der Waals surface area contributed by atoms with Crippen LogP contribution in [0, 0.1) is 6.92 Å². The Morgan fingerprint density at radius 3 is 2.43 bits per heavy atom. The van der Waals surface area contributed by atoms with Gasteiger partial charge in [-0.1, -0.05) is 36.2 Å². The third-order valence-electron chi connectivity index (χ3n) is 4.37. The smallest absolute Gasteiger partial charge is 0.220 e. The molecule has 1 heterocycles. The predicted molar refractivity (Wildman–Crippen MR) is 92.7 cm³/mol. The highest BCUT2D eigenvalue weighted by Crippen LogP contribution is 2.09. The van der Waals surface area contributed by atoms with E-state index in [4.69, 9.17) is 0 Å². The first-order valence-electron chi connectivity index (χ1n) is 8.74. The van der Waals surface area contributed by atoms with Crippen LogP contribution in [0.4, 0.5) is 0 Å². The Hall–Kier alpha value is -1.68. The third-order valence-corrected chi connectivity index (χ3v) is 4.37. The lowest BCUT2D eigenvalue weighted by Gasteiger charge is -2.26. The molecule has 1 fully saturated rings. The van der Waals surface area contributed by atoms with Crippen molar-refractivity contribution in [3.05, 3.63) is 35.4 Å². The first kappa shape index (κ1) is 17.7. The van der Waals surface area contributed by atoms with Gasteiger partial charge in [-0.15, -0.1) is 0 Å². The van der Waals surface area contributed by atoms with E-state index in [0.717, 1.165) is 18.5 Å². The van der Waals surface area contributed by atoms with Crippen LogP contribution in [0.3, 0.4) is 0 Å². The van der Waals surface area contributed by atoms with Gasteiger partial charge in [-0.3, -0.25) is 9.59 Å². The van der Waals surface area contributed by atoms with Crippen LogP contribution < -0.4 is 5.32 Å². The van der Waals surface area contributed by atoms with Crippen LogP contribution in [-0.2, 0) is 4.79 Å². The second kappa shape index (κ2) is 9.46. The summed E-state index contributed by atoms with van der Waals surface area (Å²) in [6.07, 6.45) is 5.48. The molecule has 1 aromatic carbocycles. The number of benzene rings is 1. The van der Waals surface area contributed by atoms with E-state index in [1.165, 1.54) is 32.4 Å². The van der Waals surface area contributed by atoms with Crippen LogP contribution in [0.25, 0.3) is 0 Å². The summed E-state index contributed by atoms with van der Waals surface area (Å²) in [5.74, 6) is 0.0116. The topological polar surface area (TPSA) is 49.4 Å². The second-order valence-corrected chi connectivity index (χ2v) is 6.40. The molecule has 23 heavy (non-hydrogen) atoms. The zero-order valence-corrected chi connectivity index (χ0v) is 14.1. The van der Waals surface area contributed by atoms with E-state index >= 15 is 0 Å². The molecule has 0 atom stereocenters. The highest BCUT2D eigenvalue weighted by Gasteiger charge is 2.11. The quantitative estimate of drug-likeness (QED) is 0.592. The highest BCUT2D eigenvalue weighted by molar-refractivity contribution is 5.97. The number of hydrogen-bond acceptors (Lipinski definition) is 3. The lowest BCUT2D eigenvalue weighted by Crippen LogP contribution is -2.33. The first-order chi connectivity index (χ1) is 11.1. The van der Waals surface area contributed by atoms with E-state index in [1.807, 2.05) is 31.2 Å². The Bertz CT molecular complexity index is 505. The van der Waals surface area contributed by atoms with Gasteiger partial charge in [0, 0.05) is 24.9 Å². The molecule has 1 N–H and O–H groups in total. The third kappa shape index (κ3) is 6.53. The molecule has 4 nitrogen and oxygen atoms in total. The molecular formula is C19H28N2O2. The van der Waals surface area contributed by atoms with Gasteiger partial charge in [-0.05, 0) is 45.8 Å². The SMILES string of the molecule is Cc1ccc(C(=O)CCC(=O)NCCCN2CCCCC2)cc1. The number of piperidine rings is 1. The van der Waals surface area contributed by atoms with Gasteiger partial charge in [0.1, 0.15) is 0 Å². The molecule has 0 spiro atoms. The molecule has 0 saturated carbocycles. The van der Waals surface area contributed by atoms with Gasteiger partial charge in [0.25, 0.3) is 0 Å². The standard InChI is InChI=1S/C19H28N2O2/c1-16-6-8-17(9-7-16)18(22)10-11-19(23)20-12-5-15-21-13-3-2-4-14-21/h6-9H,2-5,10-15H2,1H3,(H,20,23). The fourth-order valence-corrected chi connectivity index (χ4v) is 2.91. The largest absolute Gasteiger partial charge is 0.356 e. The Morgan fingerprint density at radius 1 is 1.04 bits per heavy atom. The number of aryl methyl sites for hydroxylation is 1. The van der Waals surface area contributed by atoms with Crippen LogP contribution in [-0.4, -0.2) is 42.8 Å². The van der Waals surface area contributed by atoms with Gasteiger partial charge in [0.05, 0.1) is 0 Å². The van der Waals surface area contributed by atoms with Crippen molar-refractivity contribution in [1.82, 2.24) is 10.2 Å². The molecule has 0 bridgehead atoms. The number of Topliss-reactive ketones (excluding diaryl/α,β-unsaturated/α-hetero) is 1. The fourth-order valence-electron chi connectivity index (χ4n) is 2.91. The molecule has 1 saturated heterocycles. The minimum absolute atomic E-state index is 0.0240. The summed E-state index contributed by atoms with van der Waals surface area (Å²) in [7, 11) is 0. The zero-order chi connectivity index (χ0) is 16.5. The molecule has 1 aromatic rings. The van der Waals surface area contributed by atoms with Gasteiger partial charge in [-0.25, -0.2) is 0 Å². The minimum Gasteiger partial charge on any atom is -0.356 e. The molecule has 4 heteroatoms. The number of nitrogens with one attached hydrogen (secondary N) is 1. The van der Waals surface area contributed by atoms with Crippen LogP contribution in [0.5, 0.6) is 0 Å². The molecule has 0 radical (unpaired) electrons. The van der Waals surface area contributed by atoms with Gasteiger partial charge < -0.3 is 10.2 Å². The normalized spacial score (nSPS) is 15.3. The fraction of sp³-hybridized carbons (Fsp3) is 0.579. The summed E-state index contributed by atoms with van der Waals surface area (Å²) in [6.45, 7) is 6.14. The molecule has 1 amide bonds. The Kier molecular flexibility index (Phi) is 7.27. The second-order valence-electron chi connectivity index (χ2n) is 6.40.